The van der Waals surface area contributed by atoms with Crippen LogP contribution < -0.4 is 10.6 Å². The highest BCUT2D eigenvalue weighted by molar-refractivity contribution is 5.96. The summed E-state index contributed by atoms with van der Waals surface area (Å²) in [6, 6.07) is 51.1. The highest BCUT2D eigenvalue weighted by Crippen LogP contribution is 2.32. The van der Waals surface area contributed by atoms with Gasteiger partial charge in [0.15, 0.2) is 0 Å². The molecule has 56 heavy (non-hydrogen) atoms. The summed E-state index contributed by atoms with van der Waals surface area (Å²) >= 11 is 0. The fourth-order valence-electron chi connectivity index (χ4n) is 6.87. The minimum absolute atomic E-state index is 0. The molecule has 0 amide bonds. The van der Waals surface area contributed by atoms with Crippen molar-refractivity contribution in [3.8, 4) is 22.5 Å². The number of anilines is 2. The van der Waals surface area contributed by atoms with Crippen molar-refractivity contribution in [1.82, 2.24) is 19.8 Å². The van der Waals surface area contributed by atoms with Crippen molar-refractivity contribution >= 4 is 79.5 Å². The maximum absolute atomic E-state index is 4.92. The normalized spacial score (nSPS) is 11.0. The number of nitrogens with one attached hydrogen (secondary N) is 2. The Morgan fingerprint density at radius 2 is 0.804 bits per heavy atom. The molecule has 0 bridgehead atoms. The molecule has 0 atom stereocenters. The first-order valence-corrected chi connectivity index (χ1v) is 19.0. The molecule has 0 saturated carbocycles. The fraction of sp³-hybridized carbons (Fsp3) is 0.208. The summed E-state index contributed by atoms with van der Waals surface area (Å²) < 4.78 is 0. The van der Waals surface area contributed by atoms with E-state index in [0.717, 1.165) is 83.9 Å². The second-order valence-electron chi connectivity index (χ2n) is 14.4. The van der Waals surface area contributed by atoms with Crippen LogP contribution in [-0.2, 0) is 0 Å². The summed E-state index contributed by atoms with van der Waals surface area (Å²) in [6.07, 6.45) is 2.21. The molecular weight excluding hydrogens is 731 g/mol. The number of halogens is 2. The largest absolute Gasteiger partial charge is 0.384 e. The van der Waals surface area contributed by atoms with Gasteiger partial charge in [-0.25, -0.2) is 9.97 Å². The summed E-state index contributed by atoms with van der Waals surface area (Å²) in [5, 5.41) is 14.6. The van der Waals surface area contributed by atoms with Crippen LogP contribution in [0.2, 0.25) is 0 Å². The van der Waals surface area contributed by atoms with Crippen LogP contribution in [0.5, 0.6) is 0 Å². The van der Waals surface area contributed by atoms with Crippen LogP contribution >= 0.6 is 24.8 Å². The lowest BCUT2D eigenvalue weighted by atomic mass is 10.0. The van der Waals surface area contributed by atoms with Gasteiger partial charge in [0.25, 0.3) is 0 Å². The van der Waals surface area contributed by atoms with E-state index in [4.69, 9.17) is 9.97 Å². The van der Waals surface area contributed by atoms with E-state index in [1.807, 2.05) is 0 Å². The smallest absolute Gasteiger partial charge is 0.0730 e. The fourth-order valence-corrected chi connectivity index (χ4v) is 6.87. The molecular formula is C48H52Cl2N6. The molecule has 6 aromatic carbocycles. The first-order chi connectivity index (χ1) is 26.4. The molecule has 0 spiro atoms. The predicted molar refractivity (Wildman–Crippen MR) is 247 cm³/mol. The van der Waals surface area contributed by atoms with Gasteiger partial charge in [0.1, 0.15) is 0 Å². The number of aromatic nitrogens is 2. The Morgan fingerprint density at radius 1 is 0.429 bits per heavy atom. The van der Waals surface area contributed by atoms with Crippen LogP contribution in [0, 0.1) is 0 Å². The number of nitrogens with zero attached hydrogens (tertiary/aromatic N) is 4. The molecule has 0 fully saturated rings. The molecule has 8 rings (SSSR count). The number of hydrogen-bond acceptors (Lipinski definition) is 6. The maximum atomic E-state index is 4.92. The van der Waals surface area contributed by atoms with Gasteiger partial charge in [-0.15, -0.1) is 24.8 Å². The lowest BCUT2D eigenvalue weighted by Crippen LogP contribution is -2.16. The average molecular weight is 784 g/mol. The van der Waals surface area contributed by atoms with Gasteiger partial charge in [0.05, 0.1) is 22.4 Å². The molecule has 0 aliphatic carbocycles. The van der Waals surface area contributed by atoms with E-state index < -0.39 is 0 Å². The Labute approximate surface area is 343 Å². The molecule has 8 aromatic rings. The van der Waals surface area contributed by atoms with Gasteiger partial charge >= 0.3 is 0 Å². The Bertz CT molecular complexity index is 2330. The molecule has 2 heterocycles. The van der Waals surface area contributed by atoms with Crippen LogP contribution in [0.1, 0.15) is 12.8 Å². The maximum Gasteiger partial charge on any atom is 0.0730 e. The third kappa shape index (κ3) is 10.5. The van der Waals surface area contributed by atoms with E-state index in [9.17, 15) is 0 Å². The first kappa shape index (κ1) is 41.9. The lowest BCUT2D eigenvalue weighted by Gasteiger charge is -2.14. The zero-order valence-corrected chi connectivity index (χ0v) is 34.3. The van der Waals surface area contributed by atoms with E-state index in [0.29, 0.717) is 0 Å². The molecule has 6 nitrogen and oxygen atoms in total. The van der Waals surface area contributed by atoms with E-state index in [2.05, 4.69) is 194 Å². The summed E-state index contributed by atoms with van der Waals surface area (Å²) in [5.74, 6) is 0. The van der Waals surface area contributed by atoms with Crippen LogP contribution in [0.4, 0.5) is 11.4 Å². The number of para-hydroxylation sites is 2. The van der Waals surface area contributed by atoms with E-state index in [-0.39, 0.29) is 24.8 Å². The van der Waals surface area contributed by atoms with Gasteiger partial charge in [-0.3, -0.25) is 0 Å². The highest BCUT2D eigenvalue weighted by atomic mass is 35.5. The molecule has 0 radical (unpaired) electrons. The number of hydrogen-bond donors (Lipinski definition) is 2. The first-order valence-electron chi connectivity index (χ1n) is 19.0. The van der Waals surface area contributed by atoms with Crippen molar-refractivity contribution in [1.29, 1.82) is 0 Å². The van der Waals surface area contributed by atoms with E-state index in [1.54, 1.807) is 0 Å². The quantitative estimate of drug-likeness (QED) is 0.120. The predicted octanol–water partition coefficient (Wildman–Crippen LogP) is 11.7. The Kier molecular flexibility index (Phi) is 15.0. The second kappa shape index (κ2) is 20.1. The van der Waals surface area contributed by atoms with E-state index in [1.165, 1.54) is 32.3 Å². The van der Waals surface area contributed by atoms with Gasteiger partial charge in [-0.05, 0) is 112 Å². The summed E-state index contributed by atoms with van der Waals surface area (Å²) in [6.45, 7) is 4.05. The van der Waals surface area contributed by atoms with Crippen LogP contribution in [0.3, 0.4) is 0 Å². The van der Waals surface area contributed by atoms with Gasteiger partial charge in [0, 0.05) is 46.4 Å². The Balaban J connectivity index is 0.000000207. The third-order valence-electron chi connectivity index (χ3n) is 9.72. The molecule has 0 aliphatic rings. The zero-order chi connectivity index (χ0) is 37.3. The van der Waals surface area contributed by atoms with Gasteiger partial charge in [0.2, 0.25) is 0 Å². The number of pyridine rings is 2. The Hall–Kier alpha value is -5.24. The molecule has 288 valence electrons. The molecule has 2 aromatic heterocycles. The van der Waals surface area contributed by atoms with Crippen molar-refractivity contribution in [2.75, 3.05) is 65.0 Å². The SMILES string of the molecule is CN(C)CCCNc1cc(-c2ccc3ccccc3c2)nc2ccccc12.CN(C)CCCNc1cc(-c2ccc3ccccc3c2)nc2ccccc12.Cl.Cl. The lowest BCUT2D eigenvalue weighted by molar-refractivity contribution is 0.405. The highest BCUT2D eigenvalue weighted by Gasteiger charge is 2.10. The standard InChI is InChI=1S/2C24H25N3.2ClH/c2*1-27(2)15-7-14-25-24-17-23(26-22-11-6-5-10-21(22)24)20-13-12-18-8-3-4-9-19(18)16-20;;/h2*3-6,8-13,16-17H,7,14-15H2,1-2H3,(H,25,26);2*1H. The van der Waals surface area contributed by atoms with Crippen LogP contribution in [0.25, 0.3) is 65.9 Å². The van der Waals surface area contributed by atoms with Crippen molar-refractivity contribution in [2.24, 2.45) is 0 Å². The average Bonchev–Trinajstić information content (AvgIpc) is 3.20. The van der Waals surface area contributed by atoms with Crippen molar-refractivity contribution in [3.63, 3.8) is 0 Å². The minimum Gasteiger partial charge on any atom is -0.384 e. The topological polar surface area (TPSA) is 56.3 Å². The van der Waals surface area contributed by atoms with Gasteiger partial charge in [-0.1, -0.05) is 109 Å². The zero-order valence-electron chi connectivity index (χ0n) is 32.7. The van der Waals surface area contributed by atoms with Crippen molar-refractivity contribution in [2.45, 2.75) is 12.8 Å². The molecule has 0 unspecified atom stereocenters. The summed E-state index contributed by atoms with van der Waals surface area (Å²) in [5.41, 5.74) is 8.68. The number of fused-ring (bicyclic) bond motifs is 4. The Morgan fingerprint density at radius 3 is 1.21 bits per heavy atom. The molecule has 0 aliphatic heterocycles. The van der Waals surface area contributed by atoms with Crippen LogP contribution in [-0.4, -0.2) is 74.1 Å². The summed E-state index contributed by atoms with van der Waals surface area (Å²) in [7, 11) is 8.44. The third-order valence-corrected chi connectivity index (χ3v) is 9.72. The minimum atomic E-state index is 0. The molecule has 2 N–H and O–H groups in total. The van der Waals surface area contributed by atoms with Gasteiger partial charge < -0.3 is 20.4 Å². The number of benzene rings is 6. The second-order valence-corrected chi connectivity index (χ2v) is 14.4. The van der Waals surface area contributed by atoms with Crippen molar-refractivity contribution < 1.29 is 0 Å². The van der Waals surface area contributed by atoms with Gasteiger partial charge in [-0.2, -0.15) is 0 Å². The van der Waals surface area contributed by atoms with Crippen molar-refractivity contribution in [3.05, 3.63) is 146 Å². The monoisotopic (exact) mass is 782 g/mol. The summed E-state index contributed by atoms with van der Waals surface area (Å²) in [4.78, 5) is 14.3. The molecule has 0 saturated heterocycles. The van der Waals surface area contributed by atoms with Crippen LogP contribution in [0.15, 0.2) is 146 Å². The van der Waals surface area contributed by atoms with E-state index >= 15 is 0 Å². The number of rotatable bonds is 12. The molecule has 8 heteroatoms.